The Labute approximate surface area is 168 Å². The summed E-state index contributed by atoms with van der Waals surface area (Å²) in [6.45, 7) is 1.84. The third kappa shape index (κ3) is 4.86. The highest BCUT2D eigenvalue weighted by molar-refractivity contribution is 5.99. The Bertz CT molecular complexity index is 869. The first kappa shape index (κ1) is 19.3. The number of fused-ring (bicyclic) bond motifs is 1. The molecule has 0 bridgehead atoms. The molecule has 2 aliphatic rings. The maximum Gasteiger partial charge on any atom is 0.338 e. The van der Waals surface area contributed by atoms with Gasteiger partial charge in [0.05, 0.1) is 11.7 Å². The Balaban J connectivity index is 1.28. The van der Waals surface area contributed by atoms with Gasteiger partial charge >= 0.3 is 5.97 Å². The van der Waals surface area contributed by atoms with Crippen molar-refractivity contribution in [1.82, 2.24) is 0 Å². The van der Waals surface area contributed by atoms with Gasteiger partial charge in [0.25, 0.3) is 0 Å². The maximum absolute atomic E-state index is 12.3. The van der Waals surface area contributed by atoms with Crippen molar-refractivity contribution in [3.8, 4) is 17.2 Å². The minimum absolute atomic E-state index is 0.131. The molecule has 7 heteroatoms. The Morgan fingerprint density at radius 1 is 0.931 bits per heavy atom. The van der Waals surface area contributed by atoms with Crippen LogP contribution < -0.4 is 14.2 Å². The molecule has 7 nitrogen and oxygen atoms in total. The largest absolute Gasteiger partial charge is 0.491 e. The summed E-state index contributed by atoms with van der Waals surface area (Å²) in [5.74, 6) is 0.899. The molecule has 0 aliphatic carbocycles. The molecule has 4 rings (SSSR count). The second-order valence-electron chi connectivity index (χ2n) is 6.83. The molecule has 29 heavy (non-hydrogen) atoms. The summed E-state index contributed by atoms with van der Waals surface area (Å²) >= 11 is 0. The molecule has 0 saturated carbocycles. The number of benzene rings is 2. The lowest BCUT2D eigenvalue weighted by atomic mass is 10.1. The van der Waals surface area contributed by atoms with Crippen molar-refractivity contribution in [2.24, 2.45) is 0 Å². The van der Waals surface area contributed by atoms with E-state index in [1.165, 1.54) is 0 Å². The molecule has 152 valence electrons. The third-order valence-corrected chi connectivity index (χ3v) is 4.75. The second-order valence-corrected chi connectivity index (χ2v) is 6.83. The summed E-state index contributed by atoms with van der Waals surface area (Å²) < 4.78 is 27.2. The number of Topliss-reactive ketones (excluding diaryl/α,β-unsaturated/α-hetero) is 1. The van der Waals surface area contributed by atoms with E-state index < -0.39 is 5.97 Å². The first-order chi connectivity index (χ1) is 14.2. The van der Waals surface area contributed by atoms with Gasteiger partial charge in [0, 0.05) is 12.2 Å². The van der Waals surface area contributed by atoms with Gasteiger partial charge in [-0.1, -0.05) is 0 Å². The van der Waals surface area contributed by atoms with Gasteiger partial charge in [-0.3, -0.25) is 4.79 Å². The fourth-order valence-electron chi connectivity index (χ4n) is 3.17. The molecule has 0 spiro atoms. The lowest BCUT2D eigenvalue weighted by molar-refractivity contribution is 0.0474. The van der Waals surface area contributed by atoms with Crippen molar-refractivity contribution < 1.29 is 33.3 Å². The molecule has 2 aromatic rings. The van der Waals surface area contributed by atoms with Crippen molar-refractivity contribution in [1.29, 1.82) is 0 Å². The first-order valence-corrected chi connectivity index (χ1v) is 9.63. The van der Waals surface area contributed by atoms with Gasteiger partial charge in [0.1, 0.15) is 25.6 Å². The molecule has 2 heterocycles. The highest BCUT2D eigenvalue weighted by atomic mass is 16.6. The summed E-state index contributed by atoms with van der Waals surface area (Å²) in [6.07, 6.45) is 2.19. The highest BCUT2D eigenvalue weighted by Crippen LogP contribution is 2.30. The number of hydrogen-bond donors (Lipinski definition) is 0. The van der Waals surface area contributed by atoms with Gasteiger partial charge in [-0.2, -0.15) is 0 Å². The molecule has 0 amide bonds. The average Bonchev–Trinajstić information content (AvgIpc) is 3.29. The van der Waals surface area contributed by atoms with E-state index in [4.69, 9.17) is 23.7 Å². The number of hydrogen-bond acceptors (Lipinski definition) is 7. The fraction of sp³-hybridized carbons (Fsp3) is 0.364. The van der Waals surface area contributed by atoms with Gasteiger partial charge in [-0.25, -0.2) is 4.79 Å². The predicted molar refractivity (Wildman–Crippen MR) is 103 cm³/mol. The highest BCUT2D eigenvalue weighted by Gasteiger charge is 2.18. The maximum atomic E-state index is 12.3. The monoisotopic (exact) mass is 398 g/mol. The van der Waals surface area contributed by atoms with Crippen LogP contribution in [0, 0.1) is 0 Å². The number of carbonyl (C=O) groups excluding carboxylic acids is 2. The minimum Gasteiger partial charge on any atom is -0.491 e. The van der Waals surface area contributed by atoms with Crippen LogP contribution in [-0.4, -0.2) is 50.9 Å². The first-order valence-electron chi connectivity index (χ1n) is 9.63. The molecule has 2 aliphatic heterocycles. The Morgan fingerprint density at radius 2 is 1.69 bits per heavy atom. The van der Waals surface area contributed by atoms with Crippen LogP contribution in [0.2, 0.25) is 0 Å². The van der Waals surface area contributed by atoms with Gasteiger partial charge in [0.2, 0.25) is 0 Å². The van der Waals surface area contributed by atoms with Crippen LogP contribution >= 0.6 is 0 Å². The van der Waals surface area contributed by atoms with Crippen LogP contribution in [0.15, 0.2) is 42.5 Å². The molecule has 1 unspecified atom stereocenters. The van der Waals surface area contributed by atoms with Crippen LogP contribution in [0.5, 0.6) is 17.2 Å². The van der Waals surface area contributed by atoms with Crippen molar-refractivity contribution in [3.05, 3.63) is 53.6 Å². The van der Waals surface area contributed by atoms with E-state index >= 15 is 0 Å². The van der Waals surface area contributed by atoms with E-state index in [1.54, 1.807) is 42.5 Å². The number of carbonyl (C=O) groups is 2. The van der Waals surface area contributed by atoms with Crippen molar-refractivity contribution in [2.45, 2.75) is 18.9 Å². The fourth-order valence-corrected chi connectivity index (χ4v) is 3.17. The van der Waals surface area contributed by atoms with Gasteiger partial charge in [0.15, 0.2) is 23.9 Å². The molecule has 0 N–H and O–H groups in total. The zero-order chi connectivity index (χ0) is 20.1. The molecule has 1 saturated heterocycles. The van der Waals surface area contributed by atoms with Gasteiger partial charge in [-0.05, 0) is 55.3 Å². The number of rotatable bonds is 7. The molecule has 2 aromatic carbocycles. The second kappa shape index (κ2) is 8.96. The summed E-state index contributed by atoms with van der Waals surface area (Å²) in [5.41, 5.74) is 0.754. The third-order valence-electron chi connectivity index (χ3n) is 4.75. The van der Waals surface area contributed by atoms with E-state index in [0.29, 0.717) is 48.2 Å². The number of esters is 1. The summed E-state index contributed by atoms with van der Waals surface area (Å²) in [4.78, 5) is 24.5. The van der Waals surface area contributed by atoms with Crippen molar-refractivity contribution in [2.75, 3.05) is 33.0 Å². The Hall–Kier alpha value is -3.06. The zero-order valence-electron chi connectivity index (χ0n) is 15.9. The smallest absolute Gasteiger partial charge is 0.338 e. The van der Waals surface area contributed by atoms with Gasteiger partial charge < -0.3 is 23.7 Å². The molecule has 1 atom stereocenters. The van der Waals surface area contributed by atoms with Crippen molar-refractivity contribution in [3.63, 3.8) is 0 Å². The molecule has 1 fully saturated rings. The molecule has 0 aromatic heterocycles. The number of ketones is 1. The number of ether oxygens (including phenoxy) is 5. The van der Waals surface area contributed by atoms with E-state index in [1.807, 2.05) is 0 Å². The lowest BCUT2D eigenvalue weighted by Crippen LogP contribution is -2.17. The van der Waals surface area contributed by atoms with Crippen LogP contribution in [0.1, 0.15) is 33.6 Å². The summed E-state index contributed by atoms with van der Waals surface area (Å²) in [7, 11) is 0. The quantitative estimate of drug-likeness (QED) is 0.524. The average molecular weight is 398 g/mol. The van der Waals surface area contributed by atoms with Crippen LogP contribution in [0.4, 0.5) is 0 Å². The van der Waals surface area contributed by atoms with Crippen LogP contribution in [0.25, 0.3) is 0 Å². The van der Waals surface area contributed by atoms with Crippen LogP contribution in [-0.2, 0) is 9.47 Å². The topological polar surface area (TPSA) is 80.3 Å². The predicted octanol–water partition coefficient (Wildman–Crippen LogP) is 3.06. The Morgan fingerprint density at radius 3 is 2.45 bits per heavy atom. The van der Waals surface area contributed by atoms with E-state index in [-0.39, 0.29) is 18.5 Å². The minimum atomic E-state index is -0.568. The molecular weight excluding hydrogens is 376 g/mol. The van der Waals surface area contributed by atoms with Crippen LogP contribution in [0.3, 0.4) is 0 Å². The standard InChI is InChI=1S/C22H22O7/c23-19(16-5-8-20-21(12-16)27-11-10-26-20)14-29-22(24)15-3-6-17(7-4-15)28-13-18-2-1-9-25-18/h3-8,12,18H,1-2,9-11,13-14H2. The van der Waals surface area contributed by atoms with Gasteiger partial charge in [-0.15, -0.1) is 0 Å². The zero-order valence-corrected chi connectivity index (χ0v) is 15.9. The Kier molecular flexibility index (Phi) is 5.95. The molecule has 0 radical (unpaired) electrons. The summed E-state index contributed by atoms with van der Waals surface area (Å²) in [6, 6.07) is 11.5. The SMILES string of the molecule is O=C(COC(=O)c1ccc(OCC2CCCO2)cc1)c1ccc2c(c1)OCCO2. The van der Waals surface area contributed by atoms with Crippen molar-refractivity contribution >= 4 is 11.8 Å². The summed E-state index contributed by atoms with van der Waals surface area (Å²) in [5, 5.41) is 0. The molecular formula is C22H22O7. The van der Waals surface area contributed by atoms with E-state index in [2.05, 4.69) is 0 Å². The van der Waals surface area contributed by atoms with E-state index in [0.717, 1.165) is 19.4 Å². The van der Waals surface area contributed by atoms with E-state index in [9.17, 15) is 9.59 Å². The lowest BCUT2D eigenvalue weighted by Gasteiger charge is -2.18. The normalized spacial score (nSPS) is 17.6.